The van der Waals surface area contributed by atoms with Gasteiger partial charge in [-0.05, 0) is 30.5 Å². The first-order chi connectivity index (χ1) is 10.6. The number of carbonyl (C=O) groups is 1. The molecular formula is C15H14Cl2N2O2S. The summed E-state index contributed by atoms with van der Waals surface area (Å²) < 4.78 is 5.43. The number of fused-ring (bicyclic) bond motifs is 1. The number of ether oxygens (including phenoxy) is 1. The largest absolute Gasteiger partial charge is 0.477 e. The number of aromatic nitrogens is 1. The molecule has 0 fully saturated rings. The summed E-state index contributed by atoms with van der Waals surface area (Å²) in [7, 11) is 0. The highest BCUT2D eigenvalue weighted by Gasteiger charge is 2.29. The Morgan fingerprint density at radius 3 is 3.14 bits per heavy atom. The van der Waals surface area contributed by atoms with Crippen molar-refractivity contribution in [2.45, 2.75) is 18.8 Å². The summed E-state index contributed by atoms with van der Waals surface area (Å²) in [6.07, 6.45) is 1.35. The van der Waals surface area contributed by atoms with E-state index in [1.54, 1.807) is 17.6 Å². The quantitative estimate of drug-likeness (QED) is 0.908. The van der Waals surface area contributed by atoms with Crippen molar-refractivity contribution >= 4 is 40.4 Å². The summed E-state index contributed by atoms with van der Waals surface area (Å²) in [5.74, 6) is 0.438. The van der Waals surface area contributed by atoms with E-state index in [0.29, 0.717) is 41.9 Å². The highest BCUT2D eigenvalue weighted by Crippen LogP contribution is 2.35. The van der Waals surface area contributed by atoms with E-state index >= 15 is 0 Å². The van der Waals surface area contributed by atoms with E-state index in [1.165, 1.54) is 11.3 Å². The lowest BCUT2D eigenvalue weighted by molar-refractivity contribution is -0.123. The van der Waals surface area contributed by atoms with Gasteiger partial charge in [-0.1, -0.05) is 29.3 Å². The lowest BCUT2D eigenvalue weighted by Crippen LogP contribution is -2.33. The fourth-order valence-corrected chi connectivity index (χ4v) is 3.77. The number of rotatable bonds is 4. The van der Waals surface area contributed by atoms with Crippen LogP contribution in [0.15, 0.2) is 23.7 Å². The maximum absolute atomic E-state index is 12.3. The number of thiazole rings is 1. The first-order valence-corrected chi connectivity index (χ1v) is 8.56. The van der Waals surface area contributed by atoms with Gasteiger partial charge in [-0.2, -0.15) is 0 Å². The Balaban J connectivity index is 1.57. The fraction of sp³-hybridized carbons (Fsp3) is 0.333. The highest BCUT2D eigenvalue weighted by atomic mass is 35.5. The summed E-state index contributed by atoms with van der Waals surface area (Å²) in [6, 6.07) is 5.39. The van der Waals surface area contributed by atoms with E-state index in [0.717, 1.165) is 10.4 Å². The summed E-state index contributed by atoms with van der Waals surface area (Å²) >= 11 is 13.5. The summed E-state index contributed by atoms with van der Waals surface area (Å²) in [6.45, 7) is 1.06. The molecule has 2 heterocycles. The molecule has 7 heteroatoms. The zero-order valence-electron chi connectivity index (χ0n) is 11.6. The van der Waals surface area contributed by atoms with Crippen LogP contribution in [0.1, 0.15) is 22.8 Å². The lowest BCUT2D eigenvalue weighted by atomic mass is 10.0. The Bertz CT molecular complexity index is 690. The number of nitrogens with zero attached hydrogens (tertiary/aromatic N) is 1. The van der Waals surface area contributed by atoms with Gasteiger partial charge in [-0.25, -0.2) is 4.98 Å². The van der Waals surface area contributed by atoms with E-state index in [-0.39, 0.29) is 11.8 Å². The minimum atomic E-state index is -0.170. The molecule has 0 aliphatic carbocycles. The van der Waals surface area contributed by atoms with Crippen molar-refractivity contribution in [1.82, 2.24) is 10.3 Å². The normalized spacial score (nSPS) is 16.7. The highest BCUT2D eigenvalue weighted by molar-refractivity contribution is 7.10. The van der Waals surface area contributed by atoms with Crippen molar-refractivity contribution in [3.05, 3.63) is 44.2 Å². The molecule has 1 unspecified atom stereocenters. The maximum atomic E-state index is 12.3. The average molecular weight is 357 g/mol. The molecule has 3 rings (SSSR count). The first-order valence-electron chi connectivity index (χ1n) is 6.93. The Morgan fingerprint density at radius 2 is 2.32 bits per heavy atom. The maximum Gasteiger partial charge on any atom is 0.228 e. The van der Waals surface area contributed by atoms with Gasteiger partial charge in [0, 0.05) is 16.6 Å². The molecule has 0 bridgehead atoms. The summed E-state index contributed by atoms with van der Waals surface area (Å²) in [5.41, 5.74) is 2.68. The molecule has 2 aromatic rings. The van der Waals surface area contributed by atoms with Crippen LogP contribution in [0.2, 0.25) is 10.0 Å². The second-order valence-corrected chi connectivity index (χ2v) is 6.72. The molecular weight excluding hydrogens is 343 g/mol. The molecule has 1 amide bonds. The molecule has 1 aliphatic heterocycles. The summed E-state index contributed by atoms with van der Waals surface area (Å²) in [5, 5.41) is 4.20. The van der Waals surface area contributed by atoms with Gasteiger partial charge in [0.1, 0.15) is 0 Å². The van der Waals surface area contributed by atoms with Gasteiger partial charge in [0.2, 0.25) is 11.8 Å². The molecule has 1 aromatic heterocycles. The van der Waals surface area contributed by atoms with Crippen LogP contribution >= 0.6 is 34.5 Å². The molecule has 1 N–H and O–H groups in total. The van der Waals surface area contributed by atoms with Crippen LogP contribution in [0, 0.1) is 0 Å². The van der Waals surface area contributed by atoms with E-state index in [1.807, 2.05) is 6.07 Å². The third kappa shape index (κ3) is 3.37. The van der Waals surface area contributed by atoms with Crippen LogP contribution in [-0.2, 0) is 11.2 Å². The number of carbonyl (C=O) groups excluding carboxylic acids is 1. The number of hydrogen-bond acceptors (Lipinski definition) is 4. The minimum absolute atomic E-state index is 0.0129. The smallest absolute Gasteiger partial charge is 0.228 e. The monoisotopic (exact) mass is 356 g/mol. The van der Waals surface area contributed by atoms with Crippen molar-refractivity contribution in [2.24, 2.45) is 0 Å². The first kappa shape index (κ1) is 15.6. The van der Waals surface area contributed by atoms with Gasteiger partial charge in [-0.15, -0.1) is 11.3 Å². The van der Waals surface area contributed by atoms with Crippen molar-refractivity contribution in [3.8, 4) is 5.88 Å². The predicted octanol–water partition coefficient (Wildman–Crippen LogP) is 3.67. The average Bonchev–Trinajstić information content (AvgIpc) is 2.97. The summed E-state index contributed by atoms with van der Waals surface area (Å²) in [4.78, 5) is 17.4. The van der Waals surface area contributed by atoms with Gasteiger partial charge >= 0.3 is 0 Å². The topological polar surface area (TPSA) is 51.2 Å². The van der Waals surface area contributed by atoms with Crippen LogP contribution in [0.4, 0.5) is 0 Å². The van der Waals surface area contributed by atoms with Crippen LogP contribution in [0.25, 0.3) is 0 Å². The zero-order valence-corrected chi connectivity index (χ0v) is 14.0. The lowest BCUT2D eigenvalue weighted by Gasteiger charge is -2.21. The fourth-order valence-electron chi connectivity index (χ4n) is 2.41. The van der Waals surface area contributed by atoms with E-state index in [9.17, 15) is 4.79 Å². The molecule has 116 valence electrons. The zero-order chi connectivity index (χ0) is 15.5. The Kier molecular flexibility index (Phi) is 4.86. The van der Waals surface area contributed by atoms with Gasteiger partial charge in [0.25, 0.3) is 0 Å². The molecule has 1 aliphatic rings. The number of amides is 1. The second kappa shape index (κ2) is 6.86. The van der Waals surface area contributed by atoms with Crippen molar-refractivity contribution in [1.29, 1.82) is 0 Å². The Hall–Kier alpha value is -1.30. The molecule has 22 heavy (non-hydrogen) atoms. The standard InChI is InChI=1S/C15H14Cl2N2O2S/c16-10-2-1-9(12(17)7-10)3-5-18-14(20)11-4-6-21-15-13(11)22-8-19-15/h1-2,7-8,11H,3-6H2,(H,18,20). The SMILES string of the molecule is O=C(NCCc1ccc(Cl)cc1Cl)C1CCOc2ncsc21. The van der Waals surface area contributed by atoms with Crippen molar-refractivity contribution in [2.75, 3.05) is 13.2 Å². The van der Waals surface area contributed by atoms with Gasteiger partial charge in [0.05, 0.1) is 22.9 Å². The third-order valence-corrected chi connectivity index (χ3v) is 5.06. The van der Waals surface area contributed by atoms with Gasteiger partial charge < -0.3 is 10.1 Å². The predicted molar refractivity (Wildman–Crippen MR) is 88.1 cm³/mol. The van der Waals surface area contributed by atoms with Crippen molar-refractivity contribution < 1.29 is 9.53 Å². The van der Waals surface area contributed by atoms with Crippen molar-refractivity contribution in [3.63, 3.8) is 0 Å². The van der Waals surface area contributed by atoms with Gasteiger partial charge in [0.15, 0.2) is 0 Å². The third-order valence-electron chi connectivity index (χ3n) is 3.55. The minimum Gasteiger partial charge on any atom is -0.477 e. The number of halogens is 2. The van der Waals surface area contributed by atoms with Crippen LogP contribution in [0.5, 0.6) is 5.88 Å². The molecule has 1 atom stereocenters. The van der Waals surface area contributed by atoms with Crippen LogP contribution in [0.3, 0.4) is 0 Å². The molecule has 0 saturated heterocycles. The number of hydrogen-bond donors (Lipinski definition) is 1. The van der Waals surface area contributed by atoms with Crippen LogP contribution in [-0.4, -0.2) is 24.0 Å². The van der Waals surface area contributed by atoms with Gasteiger partial charge in [-0.3, -0.25) is 4.79 Å². The second-order valence-electron chi connectivity index (χ2n) is 4.99. The molecule has 1 aromatic carbocycles. The molecule has 0 saturated carbocycles. The Morgan fingerprint density at radius 1 is 1.45 bits per heavy atom. The van der Waals surface area contributed by atoms with Crippen LogP contribution < -0.4 is 10.1 Å². The molecule has 0 radical (unpaired) electrons. The number of nitrogens with one attached hydrogen (secondary N) is 1. The molecule has 4 nitrogen and oxygen atoms in total. The van der Waals surface area contributed by atoms with E-state index < -0.39 is 0 Å². The van der Waals surface area contributed by atoms with E-state index in [2.05, 4.69) is 10.3 Å². The van der Waals surface area contributed by atoms with E-state index in [4.69, 9.17) is 27.9 Å². The number of benzene rings is 1. The molecule has 0 spiro atoms. The Labute approximate surface area is 142 Å².